The molecule has 0 aromatic heterocycles. The first-order valence-corrected chi connectivity index (χ1v) is 4.63. The maximum Gasteiger partial charge on any atom is 0.193 e. The van der Waals surface area contributed by atoms with Crippen molar-refractivity contribution in [2.24, 2.45) is 0 Å². The molecule has 0 aromatic carbocycles. The number of ether oxygens (including phenoxy) is 2. The van der Waals surface area contributed by atoms with Gasteiger partial charge in [-0.2, -0.15) is 0 Å². The van der Waals surface area contributed by atoms with Gasteiger partial charge in [0.15, 0.2) is 5.79 Å². The van der Waals surface area contributed by atoms with Gasteiger partial charge in [0.2, 0.25) is 0 Å². The van der Waals surface area contributed by atoms with E-state index in [-0.39, 0.29) is 13.2 Å². The van der Waals surface area contributed by atoms with Crippen molar-refractivity contribution in [3.05, 3.63) is 0 Å². The lowest BCUT2D eigenvalue weighted by Crippen LogP contribution is -2.71. The molecular weight excluding hydrogens is 186 g/mol. The lowest BCUT2D eigenvalue weighted by atomic mass is 9.94. The maximum absolute atomic E-state index is 9.15. The van der Waals surface area contributed by atoms with Gasteiger partial charge in [0.1, 0.15) is 0 Å². The molecule has 1 aliphatic rings. The fourth-order valence-corrected chi connectivity index (χ4v) is 1.51. The molecule has 1 aliphatic heterocycles. The molecule has 1 fully saturated rings. The molecule has 0 atom stereocenters. The SMILES string of the molecule is COC1(OC)CN(C(C)(CO)CO)C1. The van der Waals surface area contributed by atoms with Crippen LogP contribution in [0, 0.1) is 0 Å². The first-order chi connectivity index (χ1) is 6.55. The van der Waals surface area contributed by atoms with E-state index >= 15 is 0 Å². The number of methoxy groups -OCH3 is 2. The van der Waals surface area contributed by atoms with Crippen LogP contribution in [0.25, 0.3) is 0 Å². The summed E-state index contributed by atoms with van der Waals surface area (Å²) in [7, 11) is 3.19. The van der Waals surface area contributed by atoms with Crippen LogP contribution in [0.1, 0.15) is 6.92 Å². The van der Waals surface area contributed by atoms with Gasteiger partial charge in [0.05, 0.1) is 31.8 Å². The van der Waals surface area contributed by atoms with Gasteiger partial charge in [-0.3, -0.25) is 4.90 Å². The minimum Gasteiger partial charge on any atom is -0.394 e. The third-order valence-corrected chi connectivity index (χ3v) is 3.05. The smallest absolute Gasteiger partial charge is 0.193 e. The van der Waals surface area contributed by atoms with E-state index in [1.54, 1.807) is 14.2 Å². The van der Waals surface area contributed by atoms with Crippen molar-refractivity contribution in [1.82, 2.24) is 4.90 Å². The Morgan fingerprint density at radius 1 is 1.21 bits per heavy atom. The van der Waals surface area contributed by atoms with Crippen LogP contribution >= 0.6 is 0 Å². The van der Waals surface area contributed by atoms with E-state index in [9.17, 15) is 0 Å². The number of likely N-dealkylation sites (tertiary alicyclic amines) is 1. The van der Waals surface area contributed by atoms with Crippen molar-refractivity contribution in [1.29, 1.82) is 0 Å². The molecule has 5 nitrogen and oxygen atoms in total. The lowest BCUT2D eigenvalue weighted by Gasteiger charge is -2.54. The van der Waals surface area contributed by atoms with E-state index < -0.39 is 11.3 Å². The predicted octanol–water partition coefficient (Wildman–Crippen LogP) is -0.966. The minimum absolute atomic E-state index is 0.0764. The second-order valence-corrected chi connectivity index (χ2v) is 3.99. The van der Waals surface area contributed by atoms with E-state index in [0.29, 0.717) is 13.1 Å². The Kier molecular flexibility index (Phi) is 3.49. The fourth-order valence-electron chi connectivity index (χ4n) is 1.51. The summed E-state index contributed by atoms with van der Waals surface area (Å²) in [5.74, 6) is -0.564. The van der Waals surface area contributed by atoms with Crippen LogP contribution < -0.4 is 0 Å². The van der Waals surface area contributed by atoms with E-state index in [2.05, 4.69) is 0 Å². The highest BCUT2D eigenvalue weighted by molar-refractivity contribution is 4.99. The van der Waals surface area contributed by atoms with Gasteiger partial charge in [-0.25, -0.2) is 0 Å². The fraction of sp³-hybridized carbons (Fsp3) is 1.00. The molecular formula is C9H19NO4. The van der Waals surface area contributed by atoms with Crippen molar-refractivity contribution < 1.29 is 19.7 Å². The van der Waals surface area contributed by atoms with Crippen LogP contribution in [0.15, 0.2) is 0 Å². The number of hydrogen-bond acceptors (Lipinski definition) is 5. The van der Waals surface area contributed by atoms with Gasteiger partial charge >= 0.3 is 0 Å². The summed E-state index contributed by atoms with van der Waals surface area (Å²) in [5.41, 5.74) is -0.583. The molecule has 1 saturated heterocycles. The van der Waals surface area contributed by atoms with Crippen LogP contribution in [-0.4, -0.2) is 67.0 Å². The standard InChI is InChI=1S/C9H19NO4/c1-8(6-11,7-12)10-4-9(5-10,13-2)14-3/h11-12H,4-7H2,1-3H3. The van der Waals surface area contributed by atoms with Crippen LogP contribution in [0.3, 0.4) is 0 Å². The molecule has 2 N–H and O–H groups in total. The summed E-state index contributed by atoms with van der Waals surface area (Å²) in [6, 6.07) is 0. The van der Waals surface area contributed by atoms with Crippen molar-refractivity contribution in [3.8, 4) is 0 Å². The van der Waals surface area contributed by atoms with Gasteiger partial charge in [-0.15, -0.1) is 0 Å². The van der Waals surface area contributed by atoms with E-state index in [1.807, 2.05) is 11.8 Å². The molecule has 0 saturated carbocycles. The number of aliphatic hydroxyl groups excluding tert-OH is 2. The van der Waals surface area contributed by atoms with Gasteiger partial charge in [0.25, 0.3) is 0 Å². The number of rotatable bonds is 5. The van der Waals surface area contributed by atoms with Crippen molar-refractivity contribution >= 4 is 0 Å². The third kappa shape index (κ3) is 1.78. The molecule has 0 spiro atoms. The molecule has 0 unspecified atom stereocenters. The number of hydrogen-bond donors (Lipinski definition) is 2. The zero-order valence-electron chi connectivity index (χ0n) is 8.99. The third-order valence-electron chi connectivity index (χ3n) is 3.05. The number of nitrogens with zero attached hydrogens (tertiary/aromatic N) is 1. The highest BCUT2D eigenvalue weighted by atomic mass is 16.7. The minimum atomic E-state index is -0.583. The normalized spacial score (nSPS) is 22.1. The Labute approximate surface area is 84.2 Å². The molecule has 0 aromatic rings. The Morgan fingerprint density at radius 2 is 1.64 bits per heavy atom. The largest absolute Gasteiger partial charge is 0.394 e. The van der Waals surface area contributed by atoms with Crippen LogP contribution in [0.4, 0.5) is 0 Å². The highest BCUT2D eigenvalue weighted by Crippen LogP contribution is 2.31. The Morgan fingerprint density at radius 3 is 1.93 bits per heavy atom. The molecule has 0 bridgehead atoms. The van der Waals surface area contributed by atoms with Crippen molar-refractivity contribution in [2.45, 2.75) is 18.2 Å². The maximum atomic E-state index is 9.15. The van der Waals surface area contributed by atoms with Crippen molar-refractivity contribution in [3.63, 3.8) is 0 Å². The monoisotopic (exact) mass is 205 g/mol. The van der Waals surface area contributed by atoms with Crippen LogP contribution in [-0.2, 0) is 9.47 Å². The highest BCUT2D eigenvalue weighted by Gasteiger charge is 2.50. The Balaban J connectivity index is 2.54. The second kappa shape index (κ2) is 4.12. The average Bonchev–Trinajstić information content (AvgIpc) is 2.17. The molecule has 14 heavy (non-hydrogen) atoms. The Hall–Kier alpha value is -0.200. The van der Waals surface area contributed by atoms with Crippen LogP contribution in [0.5, 0.6) is 0 Å². The van der Waals surface area contributed by atoms with Gasteiger partial charge in [-0.05, 0) is 6.92 Å². The predicted molar refractivity (Wildman–Crippen MR) is 50.9 cm³/mol. The first kappa shape index (κ1) is 11.9. The van der Waals surface area contributed by atoms with Gasteiger partial charge in [-0.1, -0.05) is 0 Å². The van der Waals surface area contributed by atoms with E-state index in [4.69, 9.17) is 19.7 Å². The zero-order valence-corrected chi connectivity index (χ0v) is 8.99. The first-order valence-electron chi connectivity index (χ1n) is 4.63. The summed E-state index contributed by atoms with van der Waals surface area (Å²) >= 11 is 0. The zero-order chi connectivity index (χ0) is 10.8. The molecule has 1 rings (SSSR count). The molecule has 5 heteroatoms. The van der Waals surface area contributed by atoms with Crippen LogP contribution in [0.2, 0.25) is 0 Å². The van der Waals surface area contributed by atoms with E-state index in [0.717, 1.165) is 0 Å². The summed E-state index contributed by atoms with van der Waals surface area (Å²) in [6.45, 7) is 2.79. The summed E-state index contributed by atoms with van der Waals surface area (Å²) in [4.78, 5) is 1.94. The molecule has 0 radical (unpaired) electrons. The molecule has 0 amide bonds. The second-order valence-electron chi connectivity index (χ2n) is 3.99. The summed E-state index contributed by atoms with van der Waals surface area (Å²) in [5, 5.41) is 18.3. The average molecular weight is 205 g/mol. The molecule has 1 heterocycles. The van der Waals surface area contributed by atoms with Gasteiger partial charge < -0.3 is 19.7 Å². The Bertz CT molecular complexity index is 181. The summed E-state index contributed by atoms with van der Waals surface area (Å²) in [6.07, 6.45) is 0. The molecule has 84 valence electrons. The number of aliphatic hydroxyl groups is 2. The summed E-state index contributed by atoms with van der Waals surface area (Å²) < 4.78 is 10.4. The topological polar surface area (TPSA) is 62.2 Å². The lowest BCUT2D eigenvalue weighted by molar-refractivity contribution is -0.295. The molecule has 0 aliphatic carbocycles. The quantitative estimate of drug-likeness (QED) is 0.566. The van der Waals surface area contributed by atoms with E-state index in [1.165, 1.54) is 0 Å². The van der Waals surface area contributed by atoms with Crippen molar-refractivity contribution in [2.75, 3.05) is 40.5 Å². The van der Waals surface area contributed by atoms with Gasteiger partial charge in [0, 0.05) is 14.2 Å².